The van der Waals surface area contributed by atoms with E-state index in [0.717, 1.165) is 44.5 Å². The molecule has 0 aromatic heterocycles. The quantitative estimate of drug-likeness (QED) is 0.674. The van der Waals surface area contributed by atoms with Gasteiger partial charge in [0.25, 0.3) is 10.2 Å². The molecular weight excluding hydrogens is 294 g/mol. The number of rotatable bonds is 9. The molecule has 120 valence electrons. The molecule has 2 atom stereocenters. The smallest absolute Gasteiger partial charge is 0.279 e. The Balaban J connectivity index is 2.62. The summed E-state index contributed by atoms with van der Waals surface area (Å²) in [7, 11) is -3.36. The van der Waals surface area contributed by atoms with Crippen LogP contribution in [0.5, 0.6) is 0 Å². The number of hydrogen-bond donors (Lipinski definition) is 2. The summed E-state index contributed by atoms with van der Waals surface area (Å²) in [5.41, 5.74) is 0. The first kappa shape index (κ1) is 18.2. The standard InChI is InChI=1S/C13H29N3O2S2/c1-4-14-11-13-7-5-6-9-16(13)20(17,18)15-12(2)8-10-19-3/h12-15H,4-11H2,1-3H3. The first-order chi connectivity index (χ1) is 9.51. The summed E-state index contributed by atoms with van der Waals surface area (Å²) >= 11 is 1.74. The van der Waals surface area contributed by atoms with Crippen molar-refractivity contribution in [3.05, 3.63) is 0 Å². The van der Waals surface area contributed by atoms with E-state index in [2.05, 4.69) is 10.0 Å². The van der Waals surface area contributed by atoms with Crippen LogP contribution in [0.2, 0.25) is 0 Å². The molecule has 0 spiro atoms. The Morgan fingerprint density at radius 3 is 2.80 bits per heavy atom. The Kier molecular flexibility index (Phi) is 8.43. The van der Waals surface area contributed by atoms with Crippen LogP contribution < -0.4 is 10.0 Å². The van der Waals surface area contributed by atoms with Crippen molar-refractivity contribution in [3.8, 4) is 0 Å². The van der Waals surface area contributed by atoms with Crippen LogP contribution in [-0.4, -0.2) is 56.4 Å². The van der Waals surface area contributed by atoms with Gasteiger partial charge in [0.2, 0.25) is 0 Å². The molecule has 1 saturated heterocycles. The molecular formula is C13H29N3O2S2. The van der Waals surface area contributed by atoms with Crippen molar-refractivity contribution in [1.29, 1.82) is 0 Å². The minimum absolute atomic E-state index is 0.00541. The molecule has 7 heteroatoms. The maximum absolute atomic E-state index is 12.5. The third kappa shape index (κ3) is 5.89. The summed E-state index contributed by atoms with van der Waals surface area (Å²) in [5.74, 6) is 0.977. The highest BCUT2D eigenvalue weighted by Crippen LogP contribution is 2.19. The molecule has 0 aliphatic carbocycles. The van der Waals surface area contributed by atoms with Gasteiger partial charge in [-0.15, -0.1) is 0 Å². The Morgan fingerprint density at radius 1 is 1.40 bits per heavy atom. The maximum Gasteiger partial charge on any atom is 0.279 e. The second-order valence-electron chi connectivity index (χ2n) is 5.37. The lowest BCUT2D eigenvalue weighted by Crippen LogP contribution is -2.53. The highest BCUT2D eigenvalue weighted by Gasteiger charge is 2.32. The fourth-order valence-corrected chi connectivity index (χ4v) is 4.77. The van der Waals surface area contributed by atoms with Crippen LogP contribution in [0.4, 0.5) is 0 Å². The average Bonchev–Trinajstić information content (AvgIpc) is 2.42. The normalized spacial score (nSPS) is 22.9. The first-order valence-corrected chi connectivity index (χ1v) is 10.3. The van der Waals surface area contributed by atoms with E-state index < -0.39 is 10.2 Å². The van der Waals surface area contributed by atoms with Gasteiger partial charge in [0.05, 0.1) is 0 Å². The summed E-state index contributed by atoms with van der Waals surface area (Å²) in [6.07, 6.45) is 5.93. The van der Waals surface area contributed by atoms with Crippen molar-refractivity contribution in [3.63, 3.8) is 0 Å². The van der Waals surface area contributed by atoms with Crippen molar-refractivity contribution in [2.24, 2.45) is 0 Å². The van der Waals surface area contributed by atoms with E-state index in [1.165, 1.54) is 0 Å². The second-order valence-corrected chi connectivity index (χ2v) is 8.01. The third-order valence-electron chi connectivity index (χ3n) is 3.62. The number of nitrogens with one attached hydrogen (secondary N) is 2. The van der Waals surface area contributed by atoms with Crippen molar-refractivity contribution in [1.82, 2.24) is 14.3 Å². The highest BCUT2D eigenvalue weighted by atomic mass is 32.2. The van der Waals surface area contributed by atoms with Crippen LogP contribution in [0.15, 0.2) is 0 Å². The van der Waals surface area contributed by atoms with Crippen molar-refractivity contribution < 1.29 is 8.42 Å². The van der Waals surface area contributed by atoms with E-state index in [-0.39, 0.29) is 12.1 Å². The minimum Gasteiger partial charge on any atom is -0.315 e. The maximum atomic E-state index is 12.5. The summed E-state index contributed by atoms with van der Waals surface area (Å²) in [4.78, 5) is 0. The van der Waals surface area contributed by atoms with Gasteiger partial charge in [0.1, 0.15) is 0 Å². The van der Waals surface area contributed by atoms with Gasteiger partial charge >= 0.3 is 0 Å². The number of nitrogens with zero attached hydrogens (tertiary/aromatic N) is 1. The molecule has 20 heavy (non-hydrogen) atoms. The zero-order valence-corrected chi connectivity index (χ0v) is 14.5. The van der Waals surface area contributed by atoms with Crippen molar-refractivity contribution in [2.45, 2.75) is 51.6 Å². The molecule has 1 rings (SSSR count). The average molecular weight is 324 g/mol. The topological polar surface area (TPSA) is 61.4 Å². The Hall–Kier alpha value is 0.180. The predicted octanol–water partition coefficient (Wildman–Crippen LogP) is 1.43. The molecule has 5 nitrogen and oxygen atoms in total. The summed E-state index contributed by atoms with van der Waals surface area (Å²) < 4.78 is 29.5. The molecule has 2 unspecified atom stereocenters. The van der Waals surface area contributed by atoms with Crippen molar-refractivity contribution >= 4 is 22.0 Å². The molecule has 1 aliphatic heterocycles. The van der Waals surface area contributed by atoms with E-state index >= 15 is 0 Å². The van der Waals surface area contributed by atoms with Gasteiger partial charge in [-0.05, 0) is 44.7 Å². The summed E-state index contributed by atoms with van der Waals surface area (Å²) in [5, 5.41) is 3.27. The Morgan fingerprint density at radius 2 is 2.15 bits per heavy atom. The zero-order chi connectivity index (χ0) is 15.0. The van der Waals surface area contributed by atoms with Gasteiger partial charge in [-0.25, -0.2) is 0 Å². The highest BCUT2D eigenvalue weighted by molar-refractivity contribution is 7.98. The number of likely N-dealkylation sites (N-methyl/N-ethyl adjacent to an activating group) is 1. The monoisotopic (exact) mass is 323 g/mol. The lowest BCUT2D eigenvalue weighted by atomic mass is 10.1. The third-order valence-corrected chi connectivity index (χ3v) is 6.06. The van der Waals surface area contributed by atoms with E-state index in [1.807, 2.05) is 20.1 Å². The molecule has 1 fully saturated rings. The molecule has 1 aliphatic rings. The van der Waals surface area contributed by atoms with Crippen molar-refractivity contribution in [2.75, 3.05) is 31.6 Å². The number of piperidine rings is 1. The molecule has 0 saturated carbocycles. The van der Waals surface area contributed by atoms with Crippen LogP contribution in [0.25, 0.3) is 0 Å². The van der Waals surface area contributed by atoms with E-state index in [4.69, 9.17) is 0 Å². The fraction of sp³-hybridized carbons (Fsp3) is 1.00. The lowest BCUT2D eigenvalue weighted by Gasteiger charge is -2.35. The summed E-state index contributed by atoms with van der Waals surface area (Å²) in [6.45, 7) is 6.25. The van der Waals surface area contributed by atoms with E-state index in [9.17, 15) is 8.42 Å². The van der Waals surface area contributed by atoms with Gasteiger partial charge < -0.3 is 5.32 Å². The lowest BCUT2D eigenvalue weighted by molar-refractivity contribution is 0.242. The van der Waals surface area contributed by atoms with Crippen LogP contribution in [-0.2, 0) is 10.2 Å². The zero-order valence-electron chi connectivity index (χ0n) is 12.9. The van der Waals surface area contributed by atoms with Gasteiger partial charge in [-0.1, -0.05) is 13.3 Å². The van der Waals surface area contributed by atoms with Crippen LogP contribution in [0, 0.1) is 0 Å². The van der Waals surface area contributed by atoms with Crippen LogP contribution >= 0.6 is 11.8 Å². The molecule has 0 aromatic rings. The molecule has 0 bridgehead atoms. The first-order valence-electron chi connectivity index (χ1n) is 7.50. The molecule has 0 aromatic carbocycles. The van der Waals surface area contributed by atoms with E-state index in [1.54, 1.807) is 16.1 Å². The van der Waals surface area contributed by atoms with Crippen LogP contribution in [0.3, 0.4) is 0 Å². The fourth-order valence-electron chi connectivity index (χ4n) is 2.48. The van der Waals surface area contributed by atoms with Gasteiger partial charge in [0.15, 0.2) is 0 Å². The number of thioether (sulfide) groups is 1. The molecule has 0 radical (unpaired) electrons. The minimum atomic E-state index is -3.36. The second kappa shape index (κ2) is 9.25. The molecule has 1 heterocycles. The SMILES string of the molecule is CCNCC1CCCCN1S(=O)(=O)NC(C)CCSC. The largest absolute Gasteiger partial charge is 0.315 e. The molecule has 0 amide bonds. The van der Waals surface area contributed by atoms with Gasteiger partial charge in [0, 0.05) is 25.2 Å². The predicted molar refractivity (Wildman–Crippen MR) is 87.4 cm³/mol. The van der Waals surface area contributed by atoms with Crippen LogP contribution in [0.1, 0.15) is 39.5 Å². The van der Waals surface area contributed by atoms with Gasteiger partial charge in [-0.3, -0.25) is 0 Å². The Labute approximate surface area is 128 Å². The Bertz CT molecular complexity index is 363. The summed E-state index contributed by atoms with van der Waals surface area (Å²) in [6, 6.07) is 0.0862. The molecule has 2 N–H and O–H groups in total. The number of hydrogen-bond acceptors (Lipinski definition) is 4. The van der Waals surface area contributed by atoms with Gasteiger partial charge in [-0.2, -0.15) is 29.2 Å². The van der Waals surface area contributed by atoms with E-state index in [0.29, 0.717) is 6.54 Å².